The standard InChI is InChI=1S/C12H16NO5S.F6P/c14-4-6-19(7-5-15)9-12(16)10-2-1-3-11(8-10)13(17)18;1-7(2,3,4,5)6/h1-3,8,14-15H,4-7,9H2;/q+1;-1. The SMILES string of the molecule is F[P-](F)(F)(F)(F)F.O=C(C[S+](CCO)CCO)c1cccc([N+](=O)[O-])c1. The van der Waals surface area contributed by atoms with Gasteiger partial charge in [-0.05, 0) is 0 Å². The number of ketones is 1. The second-order valence-corrected chi connectivity index (χ2v) is 9.05. The second-order valence-electron chi connectivity index (χ2n) is 4.80. The minimum atomic E-state index is -10.7. The van der Waals surface area contributed by atoms with Gasteiger partial charge in [-0.1, -0.05) is 12.1 Å². The Hall–Kier alpha value is -1.43. The maximum Gasteiger partial charge on any atom is 0.270 e. The van der Waals surface area contributed by atoms with Crippen LogP contribution in [0.5, 0.6) is 0 Å². The van der Waals surface area contributed by atoms with E-state index in [-0.39, 0.29) is 30.4 Å². The van der Waals surface area contributed by atoms with E-state index in [9.17, 15) is 40.1 Å². The van der Waals surface area contributed by atoms with Crippen molar-refractivity contribution in [3.63, 3.8) is 0 Å². The summed E-state index contributed by atoms with van der Waals surface area (Å²) in [5, 5.41) is 28.4. The molecule has 0 heterocycles. The molecule has 0 aliphatic heterocycles. The van der Waals surface area contributed by atoms with E-state index < -0.39 is 23.6 Å². The monoisotopic (exact) mass is 431 g/mol. The summed E-state index contributed by atoms with van der Waals surface area (Å²) in [5.41, 5.74) is 0.178. The van der Waals surface area contributed by atoms with Crippen LogP contribution in [0.3, 0.4) is 0 Å². The predicted molar refractivity (Wildman–Crippen MR) is 87.1 cm³/mol. The van der Waals surface area contributed by atoms with Crippen LogP contribution in [0.4, 0.5) is 30.9 Å². The Balaban J connectivity index is 0.000000758. The van der Waals surface area contributed by atoms with Crippen molar-refractivity contribution in [3.05, 3.63) is 39.9 Å². The van der Waals surface area contributed by atoms with Crippen LogP contribution in [-0.4, -0.2) is 51.4 Å². The van der Waals surface area contributed by atoms with Crippen LogP contribution in [0.15, 0.2) is 24.3 Å². The Kier molecular flexibility index (Phi) is 8.04. The molecule has 1 rings (SSSR count). The third kappa shape index (κ3) is 14.9. The molecule has 2 N–H and O–H groups in total. The van der Waals surface area contributed by atoms with Gasteiger partial charge in [0.25, 0.3) is 5.69 Å². The Morgan fingerprint density at radius 1 is 1.08 bits per heavy atom. The topological polar surface area (TPSA) is 101 Å². The van der Waals surface area contributed by atoms with Crippen molar-refractivity contribution < 1.29 is 45.1 Å². The minimum Gasteiger partial charge on any atom is -0.391 e. The molecule has 14 heteroatoms. The third-order valence-electron chi connectivity index (χ3n) is 2.47. The molecule has 0 radical (unpaired) electrons. The summed E-state index contributed by atoms with van der Waals surface area (Å²) in [7, 11) is -11.0. The van der Waals surface area contributed by atoms with Gasteiger partial charge in [-0.15, -0.1) is 0 Å². The van der Waals surface area contributed by atoms with Gasteiger partial charge >= 0.3 is 33.0 Å². The number of nitro benzene ring substituents is 1. The zero-order chi connectivity index (χ0) is 20.7. The number of aliphatic hydroxyl groups is 2. The summed E-state index contributed by atoms with van der Waals surface area (Å²) >= 11 is 0. The molecule has 0 aromatic heterocycles. The number of halogens is 6. The Labute approximate surface area is 146 Å². The molecule has 0 spiro atoms. The molecular formula is C12H16F6NO5PS. The molecule has 0 atom stereocenters. The third-order valence-corrected chi connectivity index (χ3v) is 4.66. The van der Waals surface area contributed by atoms with Crippen LogP contribution in [-0.2, 0) is 10.9 Å². The van der Waals surface area contributed by atoms with Crippen molar-refractivity contribution in [2.45, 2.75) is 0 Å². The number of rotatable bonds is 8. The fourth-order valence-corrected chi connectivity index (χ4v) is 3.11. The van der Waals surface area contributed by atoms with E-state index in [1.165, 1.54) is 24.3 Å². The van der Waals surface area contributed by atoms with E-state index in [0.717, 1.165) is 0 Å². The van der Waals surface area contributed by atoms with Crippen LogP contribution in [0.25, 0.3) is 0 Å². The summed E-state index contributed by atoms with van der Waals surface area (Å²) in [4.78, 5) is 22.1. The first kappa shape index (κ1) is 24.6. The van der Waals surface area contributed by atoms with Crippen molar-refractivity contribution in [2.75, 3.05) is 30.5 Å². The fourth-order valence-electron chi connectivity index (χ4n) is 1.57. The summed E-state index contributed by atoms with van der Waals surface area (Å²) in [6.07, 6.45) is 0. The summed E-state index contributed by atoms with van der Waals surface area (Å²) in [6.45, 7) is -0.0728. The van der Waals surface area contributed by atoms with Gasteiger partial charge in [-0.2, -0.15) is 0 Å². The quantitative estimate of drug-likeness (QED) is 0.163. The van der Waals surface area contributed by atoms with Gasteiger partial charge in [0.05, 0.1) is 18.1 Å². The Bertz CT molecular complexity index is 625. The van der Waals surface area contributed by atoms with E-state index >= 15 is 0 Å². The van der Waals surface area contributed by atoms with Gasteiger partial charge in [0.15, 0.2) is 5.75 Å². The Morgan fingerprint density at radius 3 is 1.92 bits per heavy atom. The summed E-state index contributed by atoms with van der Waals surface area (Å²) in [6, 6.07) is 5.59. The first-order chi connectivity index (χ1) is 11.5. The number of aliphatic hydroxyl groups excluding tert-OH is 2. The van der Waals surface area contributed by atoms with Crippen molar-refractivity contribution >= 4 is 30.2 Å². The maximum atomic E-state index is 12.0. The molecule has 0 fully saturated rings. The normalized spacial score (nSPS) is 14.0. The van der Waals surface area contributed by atoms with E-state index in [0.29, 0.717) is 17.1 Å². The van der Waals surface area contributed by atoms with Crippen LogP contribution in [0.1, 0.15) is 10.4 Å². The summed E-state index contributed by atoms with van der Waals surface area (Å²) in [5.74, 6) is 0.916. The average Bonchev–Trinajstić information content (AvgIpc) is 2.44. The molecule has 1 aromatic carbocycles. The fraction of sp³-hybridized carbons (Fsp3) is 0.417. The molecule has 0 bridgehead atoms. The van der Waals surface area contributed by atoms with Gasteiger partial charge in [0, 0.05) is 28.6 Å². The molecular weight excluding hydrogens is 415 g/mol. The van der Waals surface area contributed by atoms with E-state index in [2.05, 4.69) is 0 Å². The molecule has 0 aliphatic carbocycles. The number of nitrogens with zero attached hydrogens (tertiary/aromatic N) is 1. The van der Waals surface area contributed by atoms with Crippen LogP contribution < -0.4 is 0 Å². The van der Waals surface area contributed by atoms with Crippen LogP contribution in [0.2, 0.25) is 0 Å². The largest absolute Gasteiger partial charge is 0.391 e. The number of non-ortho nitro benzene ring substituents is 1. The van der Waals surface area contributed by atoms with Gasteiger partial charge in [0.1, 0.15) is 11.5 Å². The molecule has 0 aliphatic rings. The van der Waals surface area contributed by atoms with E-state index in [1.54, 1.807) is 0 Å². The van der Waals surface area contributed by atoms with Crippen molar-refractivity contribution in [2.24, 2.45) is 0 Å². The molecule has 6 nitrogen and oxygen atoms in total. The first-order valence-electron chi connectivity index (χ1n) is 6.73. The van der Waals surface area contributed by atoms with Crippen molar-refractivity contribution in [3.8, 4) is 0 Å². The predicted octanol–water partition coefficient (Wildman–Crippen LogP) is 3.76. The first-order valence-corrected chi connectivity index (χ1v) is 10.5. The molecule has 0 amide bonds. The van der Waals surface area contributed by atoms with E-state index in [1.807, 2.05) is 0 Å². The number of Topliss-reactive ketones (excluding diaryl/α,β-unsaturated/α-hetero) is 1. The van der Waals surface area contributed by atoms with Gasteiger partial charge < -0.3 is 10.2 Å². The molecule has 0 unspecified atom stereocenters. The number of nitro groups is 1. The number of carbonyl (C=O) groups is 1. The van der Waals surface area contributed by atoms with Crippen LogP contribution >= 0.6 is 7.81 Å². The number of carbonyl (C=O) groups excluding carboxylic acids is 1. The van der Waals surface area contributed by atoms with Gasteiger partial charge in [-0.3, -0.25) is 14.9 Å². The molecule has 0 saturated heterocycles. The number of hydrogen-bond donors (Lipinski definition) is 2. The molecule has 1 aromatic rings. The maximum absolute atomic E-state index is 12.0. The van der Waals surface area contributed by atoms with Crippen LogP contribution in [0, 0.1) is 10.1 Å². The Morgan fingerprint density at radius 2 is 1.54 bits per heavy atom. The van der Waals surface area contributed by atoms with Gasteiger partial charge in [-0.25, -0.2) is 0 Å². The molecule has 152 valence electrons. The van der Waals surface area contributed by atoms with Crippen molar-refractivity contribution in [1.29, 1.82) is 0 Å². The van der Waals surface area contributed by atoms with E-state index in [4.69, 9.17) is 10.2 Å². The molecule has 26 heavy (non-hydrogen) atoms. The average molecular weight is 431 g/mol. The summed E-state index contributed by atoms with van der Waals surface area (Å²) < 4.78 is 59.2. The van der Waals surface area contributed by atoms with Crippen molar-refractivity contribution in [1.82, 2.24) is 0 Å². The second kappa shape index (κ2) is 8.51. The molecule has 0 saturated carbocycles. The zero-order valence-corrected chi connectivity index (χ0v) is 14.7. The van der Waals surface area contributed by atoms with Gasteiger partial charge in [0.2, 0.25) is 5.78 Å². The smallest absolute Gasteiger partial charge is 0.270 e. The minimum absolute atomic E-state index is 0.0364. The number of benzene rings is 1. The number of hydrogen-bond acceptors (Lipinski definition) is 5. The zero-order valence-electron chi connectivity index (χ0n) is 13.0.